The van der Waals surface area contributed by atoms with E-state index in [0.717, 1.165) is 5.56 Å². The molecule has 5 heteroatoms. The van der Waals surface area contributed by atoms with E-state index in [1.165, 1.54) is 0 Å². The first-order chi connectivity index (χ1) is 11.0. The fraction of sp³-hybridized carbons (Fsp3) is 0.222. The largest absolute Gasteiger partial charge is 0.479 e. The molecule has 1 atom stereocenters. The fourth-order valence-electron chi connectivity index (χ4n) is 1.91. The Balaban J connectivity index is 1.78. The van der Waals surface area contributed by atoms with E-state index >= 15 is 0 Å². The van der Waals surface area contributed by atoms with E-state index in [1.54, 1.807) is 37.3 Å². The Bertz CT molecular complexity index is 670. The summed E-state index contributed by atoms with van der Waals surface area (Å²) < 4.78 is 10.5. The maximum Gasteiger partial charge on any atom is 0.347 e. The lowest BCUT2D eigenvalue weighted by atomic mass is 10.2. The van der Waals surface area contributed by atoms with Gasteiger partial charge in [0, 0.05) is 5.69 Å². The van der Waals surface area contributed by atoms with Crippen LogP contribution in [0.2, 0.25) is 0 Å². The number of rotatable bonds is 6. The number of para-hydroxylation sites is 1. The van der Waals surface area contributed by atoms with Crippen molar-refractivity contribution in [1.29, 1.82) is 0 Å². The van der Waals surface area contributed by atoms with Gasteiger partial charge >= 0.3 is 5.97 Å². The molecule has 0 aromatic heterocycles. The number of nitrogens with one attached hydrogen (secondary N) is 1. The average Bonchev–Trinajstić information content (AvgIpc) is 2.53. The topological polar surface area (TPSA) is 64.6 Å². The van der Waals surface area contributed by atoms with Crippen LogP contribution in [0.4, 0.5) is 5.69 Å². The molecule has 1 amide bonds. The highest BCUT2D eigenvalue weighted by Gasteiger charge is 2.17. The number of carbonyl (C=O) groups is 2. The molecule has 0 fully saturated rings. The molecule has 0 aliphatic carbocycles. The van der Waals surface area contributed by atoms with Crippen LogP contribution >= 0.6 is 0 Å². The van der Waals surface area contributed by atoms with E-state index in [2.05, 4.69) is 5.32 Å². The molecule has 0 heterocycles. The molecule has 0 saturated heterocycles. The van der Waals surface area contributed by atoms with Gasteiger partial charge in [0.15, 0.2) is 12.7 Å². The number of aryl methyl sites for hydroxylation is 1. The molecule has 2 aromatic carbocycles. The summed E-state index contributed by atoms with van der Waals surface area (Å²) in [6, 6.07) is 16.3. The fourth-order valence-corrected chi connectivity index (χ4v) is 1.91. The Labute approximate surface area is 135 Å². The number of anilines is 1. The van der Waals surface area contributed by atoms with Crippen LogP contribution < -0.4 is 10.1 Å². The SMILES string of the molecule is Cc1cccc(O[C@H](C)C(=O)OCC(=O)Nc2ccccc2)c1. The lowest BCUT2D eigenvalue weighted by molar-refractivity contribution is -0.153. The third-order valence-electron chi connectivity index (χ3n) is 3.04. The van der Waals surface area contributed by atoms with Gasteiger partial charge in [0.25, 0.3) is 5.91 Å². The molecule has 0 bridgehead atoms. The van der Waals surface area contributed by atoms with Gasteiger partial charge in [0.1, 0.15) is 5.75 Å². The van der Waals surface area contributed by atoms with Crippen molar-refractivity contribution in [3.8, 4) is 5.75 Å². The van der Waals surface area contributed by atoms with Crippen molar-refractivity contribution in [2.75, 3.05) is 11.9 Å². The summed E-state index contributed by atoms with van der Waals surface area (Å²) >= 11 is 0. The van der Waals surface area contributed by atoms with Crippen LogP contribution in [0.15, 0.2) is 54.6 Å². The van der Waals surface area contributed by atoms with Crippen LogP contribution in [0.5, 0.6) is 5.75 Å². The first-order valence-corrected chi connectivity index (χ1v) is 7.29. The molecular weight excluding hydrogens is 294 g/mol. The Morgan fingerprint density at radius 3 is 2.52 bits per heavy atom. The number of benzene rings is 2. The van der Waals surface area contributed by atoms with Crippen molar-refractivity contribution < 1.29 is 19.1 Å². The summed E-state index contributed by atoms with van der Waals surface area (Å²) in [6.07, 6.45) is -0.790. The van der Waals surface area contributed by atoms with Crippen molar-refractivity contribution in [2.45, 2.75) is 20.0 Å². The second-order valence-corrected chi connectivity index (χ2v) is 5.10. The van der Waals surface area contributed by atoms with Crippen molar-refractivity contribution in [1.82, 2.24) is 0 Å². The number of esters is 1. The molecule has 0 unspecified atom stereocenters. The minimum absolute atomic E-state index is 0.352. The maximum atomic E-state index is 11.9. The molecule has 0 saturated carbocycles. The highest BCUT2D eigenvalue weighted by atomic mass is 16.6. The highest BCUT2D eigenvalue weighted by molar-refractivity contribution is 5.93. The van der Waals surface area contributed by atoms with E-state index in [-0.39, 0.29) is 6.61 Å². The summed E-state index contributed by atoms with van der Waals surface area (Å²) in [5.74, 6) is -0.398. The lowest BCUT2D eigenvalue weighted by Crippen LogP contribution is -2.29. The summed E-state index contributed by atoms with van der Waals surface area (Å²) in [7, 11) is 0. The molecule has 0 aliphatic heterocycles. The van der Waals surface area contributed by atoms with Crippen LogP contribution in [0.3, 0.4) is 0 Å². The molecule has 0 radical (unpaired) electrons. The minimum atomic E-state index is -0.790. The van der Waals surface area contributed by atoms with Gasteiger partial charge < -0.3 is 14.8 Å². The van der Waals surface area contributed by atoms with Gasteiger partial charge in [0.05, 0.1) is 0 Å². The van der Waals surface area contributed by atoms with Crippen molar-refractivity contribution in [3.63, 3.8) is 0 Å². The van der Waals surface area contributed by atoms with Gasteiger partial charge in [-0.1, -0.05) is 30.3 Å². The number of amides is 1. The number of hydrogen-bond donors (Lipinski definition) is 1. The molecule has 2 rings (SSSR count). The summed E-state index contributed by atoms with van der Waals surface area (Å²) in [5.41, 5.74) is 1.68. The van der Waals surface area contributed by atoms with Gasteiger partial charge in [-0.15, -0.1) is 0 Å². The standard InChI is InChI=1S/C18H19NO4/c1-13-7-6-10-16(11-13)23-14(2)18(21)22-12-17(20)19-15-8-4-3-5-9-15/h3-11,14H,12H2,1-2H3,(H,19,20)/t14-/m1/s1. The third kappa shape index (κ3) is 5.47. The minimum Gasteiger partial charge on any atom is -0.479 e. The Hall–Kier alpha value is -2.82. The van der Waals surface area contributed by atoms with Gasteiger partial charge in [0.2, 0.25) is 0 Å². The first kappa shape index (κ1) is 16.5. The first-order valence-electron chi connectivity index (χ1n) is 7.29. The zero-order valence-electron chi connectivity index (χ0n) is 13.1. The zero-order valence-corrected chi connectivity index (χ0v) is 13.1. The van der Waals surface area contributed by atoms with Crippen molar-refractivity contribution in [2.24, 2.45) is 0 Å². The molecule has 23 heavy (non-hydrogen) atoms. The van der Waals surface area contributed by atoms with Gasteiger partial charge in [-0.05, 0) is 43.7 Å². The van der Waals surface area contributed by atoms with Crippen LogP contribution in [-0.2, 0) is 14.3 Å². The molecule has 120 valence electrons. The predicted octanol–water partition coefficient (Wildman–Crippen LogP) is 2.94. The molecule has 1 N–H and O–H groups in total. The normalized spacial score (nSPS) is 11.4. The lowest BCUT2D eigenvalue weighted by Gasteiger charge is -2.14. The van der Waals surface area contributed by atoms with Crippen LogP contribution in [0.1, 0.15) is 12.5 Å². The number of carbonyl (C=O) groups excluding carboxylic acids is 2. The van der Waals surface area contributed by atoms with E-state index in [4.69, 9.17) is 9.47 Å². The molecule has 2 aromatic rings. The second-order valence-electron chi connectivity index (χ2n) is 5.10. The summed E-state index contributed by atoms with van der Waals surface area (Å²) in [6.45, 7) is 3.17. The summed E-state index contributed by atoms with van der Waals surface area (Å²) in [5, 5.41) is 2.64. The Kier molecular flexibility index (Phi) is 5.74. The van der Waals surface area contributed by atoms with Gasteiger partial charge in [-0.3, -0.25) is 4.79 Å². The molecule has 0 spiro atoms. The Morgan fingerprint density at radius 2 is 1.83 bits per heavy atom. The van der Waals surface area contributed by atoms with Crippen LogP contribution in [0.25, 0.3) is 0 Å². The highest BCUT2D eigenvalue weighted by Crippen LogP contribution is 2.14. The number of hydrogen-bond acceptors (Lipinski definition) is 4. The second kappa shape index (κ2) is 7.98. The van der Waals surface area contributed by atoms with E-state index in [0.29, 0.717) is 11.4 Å². The monoisotopic (exact) mass is 313 g/mol. The zero-order chi connectivity index (χ0) is 16.7. The quantitative estimate of drug-likeness (QED) is 0.833. The van der Waals surface area contributed by atoms with Gasteiger partial charge in [-0.25, -0.2) is 4.79 Å². The Morgan fingerprint density at radius 1 is 1.09 bits per heavy atom. The van der Waals surface area contributed by atoms with Crippen molar-refractivity contribution in [3.05, 3.63) is 60.2 Å². The third-order valence-corrected chi connectivity index (χ3v) is 3.04. The summed E-state index contributed by atoms with van der Waals surface area (Å²) in [4.78, 5) is 23.6. The van der Waals surface area contributed by atoms with E-state index in [9.17, 15) is 9.59 Å². The molecule has 0 aliphatic rings. The van der Waals surface area contributed by atoms with E-state index < -0.39 is 18.0 Å². The molecular formula is C18H19NO4. The van der Waals surface area contributed by atoms with Crippen molar-refractivity contribution >= 4 is 17.6 Å². The smallest absolute Gasteiger partial charge is 0.347 e. The maximum absolute atomic E-state index is 11.9. The van der Waals surface area contributed by atoms with Crippen LogP contribution in [-0.4, -0.2) is 24.6 Å². The van der Waals surface area contributed by atoms with Crippen LogP contribution in [0, 0.1) is 6.92 Å². The molecule has 5 nitrogen and oxygen atoms in total. The van der Waals surface area contributed by atoms with Gasteiger partial charge in [-0.2, -0.15) is 0 Å². The number of ether oxygens (including phenoxy) is 2. The average molecular weight is 313 g/mol. The predicted molar refractivity (Wildman–Crippen MR) is 87.3 cm³/mol. The van der Waals surface area contributed by atoms with E-state index in [1.807, 2.05) is 31.2 Å².